The van der Waals surface area contributed by atoms with E-state index in [1.807, 2.05) is 18.2 Å². The number of ether oxygens (including phenoxy) is 2. The number of rotatable bonds is 6. The van der Waals surface area contributed by atoms with E-state index in [9.17, 15) is 0 Å². The molecule has 1 aliphatic heterocycles. The smallest absolute Gasteiger partial charge is 0.122 e. The van der Waals surface area contributed by atoms with E-state index in [1.54, 1.807) is 7.11 Å². The highest BCUT2D eigenvalue weighted by Gasteiger charge is 2.24. The zero-order chi connectivity index (χ0) is 21.1. The largest absolute Gasteiger partial charge is 0.496 e. The molecule has 156 valence electrons. The van der Waals surface area contributed by atoms with Crippen molar-refractivity contribution in [1.82, 2.24) is 5.32 Å². The van der Waals surface area contributed by atoms with Crippen LogP contribution in [0.5, 0.6) is 11.5 Å². The number of fused-ring (bicyclic) bond motifs is 1. The van der Waals surface area contributed by atoms with Crippen molar-refractivity contribution >= 4 is 0 Å². The van der Waals surface area contributed by atoms with E-state index in [4.69, 9.17) is 9.47 Å². The molecule has 1 atom stereocenters. The molecule has 3 aromatic carbocycles. The number of hydrogen-bond donors (Lipinski definition) is 1. The van der Waals surface area contributed by atoms with Gasteiger partial charge in [0.2, 0.25) is 0 Å². The van der Waals surface area contributed by atoms with Gasteiger partial charge in [0.05, 0.1) is 13.2 Å². The Balaban J connectivity index is 1.62. The molecule has 3 aromatic rings. The van der Waals surface area contributed by atoms with Gasteiger partial charge in [-0.1, -0.05) is 50.2 Å². The minimum absolute atomic E-state index is 0.195. The van der Waals surface area contributed by atoms with Gasteiger partial charge >= 0.3 is 0 Å². The molecule has 0 spiro atoms. The summed E-state index contributed by atoms with van der Waals surface area (Å²) in [7, 11) is 1.76. The highest BCUT2D eigenvalue weighted by atomic mass is 16.5. The summed E-state index contributed by atoms with van der Waals surface area (Å²) in [6.07, 6.45) is 1.01. The molecule has 0 aromatic heterocycles. The maximum atomic E-state index is 6.07. The van der Waals surface area contributed by atoms with Crippen molar-refractivity contribution < 1.29 is 9.47 Å². The Morgan fingerprint density at radius 3 is 2.53 bits per heavy atom. The summed E-state index contributed by atoms with van der Waals surface area (Å²) in [6, 6.07) is 21.6. The zero-order valence-electron chi connectivity index (χ0n) is 18.4. The summed E-state index contributed by atoms with van der Waals surface area (Å²) < 4.78 is 11.7. The first-order valence-corrected chi connectivity index (χ1v) is 10.8. The van der Waals surface area contributed by atoms with Crippen LogP contribution < -0.4 is 14.8 Å². The molecule has 1 N–H and O–H groups in total. The lowest BCUT2D eigenvalue weighted by Crippen LogP contribution is -2.31. The van der Waals surface area contributed by atoms with Crippen LogP contribution in [0, 0.1) is 6.92 Å². The first-order chi connectivity index (χ1) is 14.6. The Hall–Kier alpha value is -2.78. The quantitative estimate of drug-likeness (QED) is 0.554. The minimum atomic E-state index is 0.195. The van der Waals surface area contributed by atoms with Crippen LogP contribution in [0.4, 0.5) is 0 Å². The molecular weight excluding hydrogens is 370 g/mol. The van der Waals surface area contributed by atoms with Crippen molar-refractivity contribution in [3.8, 4) is 11.5 Å². The molecule has 0 saturated heterocycles. The summed E-state index contributed by atoms with van der Waals surface area (Å²) in [5, 5.41) is 3.73. The third kappa shape index (κ3) is 4.22. The number of nitrogens with one attached hydrogen (secondary N) is 1. The van der Waals surface area contributed by atoms with E-state index in [2.05, 4.69) is 68.6 Å². The monoisotopic (exact) mass is 401 g/mol. The van der Waals surface area contributed by atoms with Crippen LogP contribution >= 0.6 is 0 Å². The average molecular weight is 402 g/mol. The Labute approximate surface area is 180 Å². The molecule has 0 aliphatic carbocycles. The van der Waals surface area contributed by atoms with Crippen LogP contribution in [-0.4, -0.2) is 13.7 Å². The van der Waals surface area contributed by atoms with E-state index in [-0.39, 0.29) is 6.04 Å². The van der Waals surface area contributed by atoms with Gasteiger partial charge in [-0.05, 0) is 76.9 Å². The van der Waals surface area contributed by atoms with Crippen LogP contribution in [0.3, 0.4) is 0 Å². The SMILES string of the molecule is COc1cc(C)c(C2NCCc3cc(OCc4ccccc4)ccc32)cc1C(C)C. The van der Waals surface area contributed by atoms with Crippen molar-refractivity contribution in [3.05, 3.63) is 94.0 Å². The van der Waals surface area contributed by atoms with Crippen LogP contribution in [0.1, 0.15) is 59.2 Å². The van der Waals surface area contributed by atoms with Crippen molar-refractivity contribution in [2.75, 3.05) is 13.7 Å². The Kier molecular flexibility index (Phi) is 6.10. The highest BCUT2D eigenvalue weighted by molar-refractivity contribution is 5.50. The molecular formula is C27H31NO2. The van der Waals surface area contributed by atoms with Crippen LogP contribution in [0.15, 0.2) is 60.7 Å². The van der Waals surface area contributed by atoms with Crippen LogP contribution in [-0.2, 0) is 13.0 Å². The minimum Gasteiger partial charge on any atom is -0.496 e. The maximum Gasteiger partial charge on any atom is 0.122 e. The topological polar surface area (TPSA) is 30.5 Å². The van der Waals surface area contributed by atoms with Gasteiger partial charge in [-0.25, -0.2) is 0 Å². The predicted octanol–water partition coefficient (Wildman–Crippen LogP) is 5.94. The predicted molar refractivity (Wildman–Crippen MR) is 123 cm³/mol. The summed E-state index contributed by atoms with van der Waals surface area (Å²) in [5.74, 6) is 2.33. The normalized spacial score (nSPS) is 15.7. The lowest BCUT2D eigenvalue weighted by molar-refractivity contribution is 0.305. The second kappa shape index (κ2) is 8.93. The van der Waals surface area contributed by atoms with E-state index < -0.39 is 0 Å². The van der Waals surface area contributed by atoms with Crippen molar-refractivity contribution in [3.63, 3.8) is 0 Å². The molecule has 1 heterocycles. The molecule has 3 heteroatoms. The fourth-order valence-corrected chi connectivity index (χ4v) is 4.30. The number of aryl methyl sites for hydroxylation is 1. The fraction of sp³-hybridized carbons (Fsp3) is 0.333. The van der Waals surface area contributed by atoms with Crippen molar-refractivity contribution in [2.24, 2.45) is 0 Å². The van der Waals surface area contributed by atoms with Crippen LogP contribution in [0.25, 0.3) is 0 Å². The maximum absolute atomic E-state index is 6.07. The van der Waals surface area contributed by atoms with Crippen molar-refractivity contribution in [2.45, 2.75) is 45.8 Å². The first kappa shape index (κ1) is 20.5. The third-order valence-corrected chi connectivity index (χ3v) is 5.97. The summed E-state index contributed by atoms with van der Waals surface area (Å²) in [5.41, 5.74) is 7.74. The van der Waals surface area contributed by atoms with Gasteiger partial charge < -0.3 is 14.8 Å². The summed E-state index contributed by atoms with van der Waals surface area (Å²) >= 11 is 0. The summed E-state index contributed by atoms with van der Waals surface area (Å²) in [4.78, 5) is 0. The summed E-state index contributed by atoms with van der Waals surface area (Å²) in [6.45, 7) is 8.17. The van der Waals surface area contributed by atoms with E-state index >= 15 is 0 Å². The molecule has 3 nitrogen and oxygen atoms in total. The molecule has 30 heavy (non-hydrogen) atoms. The van der Waals surface area contributed by atoms with E-state index in [0.717, 1.165) is 24.5 Å². The number of benzene rings is 3. The van der Waals surface area contributed by atoms with Crippen LogP contribution in [0.2, 0.25) is 0 Å². The van der Waals surface area contributed by atoms with Gasteiger partial charge in [0.1, 0.15) is 18.1 Å². The third-order valence-electron chi connectivity index (χ3n) is 5.97. The standard InChI is InChI=1S/C27H31NO2/c1-18(2)24-16-25(19(3)14-26(24)29-4)27-23-11-10-22(15-21(23)12-13-28-27)30-17-20-8-6-5-7-9-20/h5-11,14-16,18,27-28H,12-13,17H2,1-4H3. The molecule has 0 bridgehead atoms. The number of methoxy groups -OCH3 is 1. The number of hydrogen-bond acceptors (Lipinski definition) is 3. The molecule has 1 unspecified atom stereocenters. The second-order valence-electron chi connectivity index (χ2n) is 8.38. The van der Waals surface area contributed by atoms with Gasteiger partial charge in [-0.3, -0.25) is 0 Å². The first-order valence-electron chi connectivity index (χ1n) is 10.8. The zero-order valence-corrected chi connectivity index (χ0v) is 18.4. The molecule has 0 saturated carbocycles. The second-order valence-corrected chi connectivity index (χ2v) is 8.38. The Morgan fingerprint density at radius 2 is 1.80 bits per heavy atom. The highest BCUT2D eigenvalue weighted by Crippen LogP contribution is 2.37. The van der Waals surface area contributed by atoms with Gasteiger partial charge in [0.15, 0.2) is 0 Å². The fourth-order valence-electron chi connectivity index (χ4n) is 4.30. The van der Waals surface area contributed by atoms with Gasteiger partial charge in [0, 0.05) is 6.54 Å². The van der Waals surface area contributed by atoms with Gasteiger partial charge in [-0.2, -0.15) is 0 Å². The lowest BCUT2D eigenvalue weighted by atomic mass is 9.85. The molecule has 0 fully saturated rings. The Morgan fingerprint density at radius 1 is 1.00 bits per heavy atom. The van der Waals surface area contributed by atoms with E-state index in [0.29, 0.717) is 12.5 Å². The van der Waals surface area contributed by atoms with E-state index in [1.165, 1.54) is 33.4 Å². The van der Waals surface area contributed by atoms with Gasteiger partial charge in [0.25, 0.3) is 0 Å². The molecule has 4 rings (SSSR count). The average Bonchev–Trinajstić information content (AvgIpc) is 2.77. The molecule has 0 amide bonds. The molecule has 0 radical (unpaired) electrons. The molecule has 1 aliphatic rings. The van der Waals surface area contributed by atoms with Gasteiger partial charge in [-0.15, -0.1) is 0 Å². The lowest BCUT2D eigenvalue weighted by Gasteiger charge is -2.30. The Bertz CT molecular complexity index is 1010. The van der Waals surface area contributed by atoms with Crippen molar-refractivity contribution in [1.29, 1.82) is 0 Å².